The van der Waals surface area contributed by atoms with Crippen molar-refractivity contribution in [2.24, 2.45) is 0 Å². The van der Waals surface area contributed by atoms with Crippen LogP contribution in [0.2, 0.25) is 0 Å². The van der Waals surface area contributed by atoms with Crippen molar-refractivity contribution < 1.29 is 17.9 Å². The Morgan fingerprint density at radius 2 is 1.91 bits per heavy atom. The summed E-state index contributed by atoms with van der Waals surface area (Å²) in [6, 6.07) is 9.48. The van der Waals surface area contributed by atoms with Crippen LogP contribution in [0.15, 0.2) is 42.1 Å². The lowest BCUT2D eigenvalue weighted by molar-refractivity contribution is -0.145. The first-order chi connectivity index (χ1) is 10.8. The van der Waals surface area contributed by atoms with Crippen molar-refractivity contribution in [1.29, 1.82) is 0 Å². The lowest BCUT2D eigenvalue weighted by Gasteiger charge is -2.15. The van der Waals surface area contributed by atoms with E-state index in [1.807, 2.05) is 36.4 Å². The summed E-state index contributed by atoms with van der Waals surface area (Å²) < 4.78 is 29.0. The van der Waals surface area contributed by atoms with Crippen molar-refractivity contribution in [3.05, 3.63) is 53.4 Å². The van der Waals surface area contributed by atoms with Crippen LogP contribution >= 0.6 is 0 Å². The maximum Gasteiger partial charge on any atom is 0.303 e. The van der Waals surface area contributed by atoms with Crippen LogP contribution in [-0.2, 0) is 19.6 Å². The molecule has 0 fully saturated rings. The second kappa shape index (κ2) is 6.74. The third-order valence-corrected chi connectivity index (χ3v) is 3.85. The van der Waals surface area contributed by atoms with Gasteiger partial charge in [-0.2, -0.15) is 0 Å². The molecule has 0 saturated heterocycles. The van der Waals surface area contributed by atoms with Gasteiger partial charge in [0.25, 0.3) is 10.0 Å². The lowest BCUT2D eigenvalue weighted by atomic mass is 10.1. The highest BCUT2D eigenvalue weighted by Crippen LogP contribution is 2.26. The van der Waals surface area contributed by atoms with E-state index < -0.39 is 22.1 Å². The third kappa shape index (κ3) is 4.49. The molecule has 1 atom stereocenters. The molecule has 1 unspecified atom stereocenters. The van der Waals surface area contributed by atoms with Gasteiger partial charge in [0.2, 0.25) is 0 Å². The fraction of sp³-hybridized carbons (Fsp3) is 0.267. The maximum absolute atomic E-state index is 11.5. The second-order valence-corrected chi connectivity index (χ2v) is 6.91. The highest BCUT2D eigenvalue weighted by molar-refractivity contribution is 7.89. The number of aromatic nitrogens is 3. The topological polar surface area (TPSA) is 91.2 Å². The number of hydrogen-bond donors (Lipinski definition) is 0. The molecule has 2 rings (SSSR count). The predicted molar refractivity (Wildman–Crippen MR) is 84.9 cm³/mol. The number of nitrogens with zero attached hydrogens (tertiary/aromatic N) is 3. The van der Waals surface area contributed by atoms with Crippen molar-refractivity contribution in [3.63, 3.8) is 0 Å². The normalized spacial score (nSPS) is 13.6. The van der Waals surface area contributed by atoms with Gasteiger partial charge in [-0.3, -0.25) is 4.79 Å². The summed E-state index contributed by atoms with van der Waals surface area (Å²) in [6.45, 7) is 3.06. The first-order valence-electron chi connectivity index (χ1n) is 6.80. The second-order valence-electron chi connectivity index (χ2n) is 5.07. The molecular weight excluding hydrogens is 318 g/mol. The van der Waals surface area contributed by atoms with E-state index in [0.717, 1.165) is 15.9 Å². The van der Waals surface area contributed by atoms with E-state index in [0.29, 0.717) is 5.57 Å². The molecule has 0 aliphatic heterocycles. The monoisotopic (exact) mass is 335 g/mol. The van der Waals surface area contributed by atoms with Gasteiger partial charge < -0.3 is 4.74 Å². The minimum atomic E-state index is -3.55. The highest BCUT2D eigenvalue weighted by Gasteiger charge is 2.22. The van der Waals surface area contributed by atoms with Crippen molar-refractivity contribution in [2.75, 3.05) is 6.26 Å². The molecular formula is C15H17N3O4S. The number of esters is 1. The van der Waals surface area contributed by atoms with E-state index in [4.69, 9.17) is 4.74 Å². The SMILES string of the molecule is CC(=O)OC(/C(C)=C/c1ccccc1)c1cn(S(C)(=O)=O)nn1. The van der Waals surface area contributed by atoms with Gasteiger partial charge in [0.1, 0.15) is 5.69 Å². The zero-order valence-electron chi connectivity index (χ0n) is 13.0. The number of carbonyl (C=O) groups excluding carboxylic acids is 1. The minimum Gasteiger partial charge on any atom is -0.451 e. The number of rotatable bonds is 5. The number of ether oxygens (including phenoxy) is 1. The van der Waals surface area contributed by atoms with Crippen LogP contribution in [-0.4, -0.2) is 35.0 Å². The summed E-state index contributed by atoms with van der Waals surface area (Å²) >= 11 is 0. The molecule has 0 spiro atoms. The van der Waals surface area contributed by atoms with Crippen LogP contribution in [0.5, 0.6) is 0 Å². The van der Waals surface area contributed by atoms with Crippen LogP contribution in [0.1, 0.15) is 31.2 Å². The van der Waals surface area contributed by atoms with Crippen molar-refractivity contribution in [2.45, 2.75) is 20.0 Å². The molecule has 1 aromatic carbocycles. The molecule has 0 saturated carbocycles. The Morgan fingerprint density at radius 3 is 2.43 bits per heavy atom. The Kier molecular flexibility index (Phi) is 4.95. The smallest absolute Gasteiger partial charge is 0.303 e. The largest absolute Gasteiger partial charge is 0.451 e. The summed E-state index contributed by atoms with van der Waals surface area (Å²) in [5.74, 6) is -0.496. The predicted octanol–water partition coefficient (Wildman–Crippen LogP) is 1.79. The first kappa shape index (κ1) is 16.9. The summed E-state index contributed by atoms with van der Waals surface area (Å²) in [6.07, 6.45) is 3.29. The van der Waals surface area contributed by atoms with Crippen LogP contribution in [0.25, 0.3) is 6.08 Å². The van der Waals surface area contributed by atoms with Gasteiger partial charge in [0, 0.05) is 6.92 Å². The molecule has 0 aliphatic rings. The van der Waals surface area contributed by atoms with Crippen LogP contribution in [0, 0.1) is 0 Å². The summed E-state index contributed by atoms with van der Waals surface area (Å²) in [4.78, 5) is 11.4. The average Bonchev–Trinajstić information content (AvgIpc) is 2.95. The number of hydrogen-bond acceptors (Lipinski definition) is 6. The zero-order valence-corrected chi connectivity index (χ0v) is 13.8. The molecule has 8 heteroatoms. The summed E-state index contributed by atoms with van der Waals surface area (Å²) in [5.41, 5.74) is 1.87. The van der Waals surface area contributed by atoms with Crippen molar-refractivity contribution in [1.82, 2.24) is 14.4 Å². The molecule has 122 valence electrons. The molecule has 23 heavy (non-hydrogen) atoms. The number of benzene rings is 1. The average molecular weight is 335 g/mol. The molecule has 0 radical (unpaired) electrons. The molecule has 0 N–H and O–H groups in total. The van der Waals surface area contributed by atoms with Gasteiger partial charge in [0.05, 0.1) is 12.5 Å². The van der Waals surface area contributed by atoms with E-state index in [9.17, 15) is 13.2 Å². The van der Waals surface area contributed by atoms with Crippen LogP contribution in [0.4, 0.5) is 0 Å². The van der Waals surface area contributed by atoms with Gasteiger partial charge in [-0.05, 0) is 18.1 Å². The zero-order chi connectivity index (χ0) is 17.0. The van der Waals surface area contributed by atoms with Gasteiger partial charge in [0.15, 0.2) is 6.10 Å². The van der Waals surface area contributed by atoms with E-state index in [2.05, 4.69) is 10.3 Å². The standard InChI is InChI=1S/C15H17N3O4S/c1-11(9-13-7-5-4-6-8-13)15(22-12(2)19)14-10-18(17-16-14)23(3,20)21/h4-10,15H,1-3H3/b11-9+. The summed E-state index contributed by atoms with van der Waals surface area (Å²) in [7, 11) is -3.55. The maximum atomic E-state index is 11.5. The van der Waals surface area contributed by atoms with Crippen molar-refractivity contribution >= 4 is 22.1 Å². The Morgan fingerprint density at radius 1 is 1.26 bits per heavy atom. The third-order valence-electron chi connectivity index (χ3n) is 2.99. The quantitative estimate of drug-likeness (QED) is 0.774. The Labute approximate surface area is 134 Å². The molecule has 0 aliphatic carbocycles. The van der Waals surface area contributed by atoms with Gasteiger partial charge in [-0.25, -0.2) is 8.42 Å². The van der Waals surface area contributed by atoms with E-state index in [-0.39, 0.29) is 5.69 Å². The van der Waals surface area contributed by atoms with Crippen LogP contribution in [0.3, 0.4) is 0 Å². The minimum absolute atomic E-state index is 0.246. The van der Waals surface area contributed by atoms with Crippen LogP contribution < -0.4 is 0 Å². The Hall–Kier alpha value is -2.48. The Bertz CT molecular complexity index is 825. The molecule has 1 aromatic heterocycles. The van der Waals surface area contributed by atoms with E-state index in [1.165, 1.54) is 13.1 Å². The summed E-state index contributed by atoms with van der Waals surface area (Å²) in [5, 5.41) is 7.38. The highest BCUT2D eigenvalue weighted by atomic mass is 32.2. The molecule has 0 bridgehead atoms. The van der Waals surface area contributed by atoms with Gasteiger partial charge in [-0.15, -0.1) is 9.19 Å². The van der Waals surface area contributed by atoms with Gasteiger partial charge in [-0.1, -0.05) is 41.6 Å². The van der Waals surface area contributed by atoms with E-state index >= 15 is 0 Å². The molecule has 7 nitrogen and oxygen atoms in total. The Balaban J connectivity index is 2.39. The van der Waals surface area contributed by atoms with Crippen molar-refractivity contribution in [3.8, 4) is 0 Å². The molecule has 1 heterocycles. The number of carbonyl (C=O) groups is 1. The van der Waals surface area contributed by atoms with E-state index in [1.54, 1.807) is 6.92 Å². The molecule has 0 amide bonds. The lowest BCUT2D eigenvalue weighted by Crippen LogP contribution is -2.11. The molecule has 2 aromatic rings. The fourth-order valence-corrected chi connectivity index (χ4v) is 2.45. The fourth-order valence-electron chi connectivity index (χ4n) is 1.98. The van der Waals surface area contributed by atoms with Gasteiger partial charge >= 0.3 is 5.97 Å². The first-order valence-corrected chi connectivity index (χ1v) is 8.65.